The topological polar surface area (TPSA) is 52.6 Å². The smallest absolute Gasteiger partial charge is 0.333 e. The molecule has 2 fully saturated rings. The van der Waals surface area contributed by atoms with Crippen LogP contribution < -0.4 is 0 Å². The summed E-state index contributed by atoms with van der Waals surface area (Å²) >= 11 is 8.05. The number of hydrogen-bond donors (Lipinski definition) is 0. The standard InChI is InChI=1S/C18H26O4S4/c1-11(2)15(19)21-7-5-13-9-23-17(25-13)18-24-10-14(26-18)6-8-22-16(20)12(3)4/h13-14,17-18H,1,3,5-10H2,2,4H3. The SMILES string of the molecule is C=C(C)C(=O)OCCC1CSC(C2SCC(CCOC(=O)C(=C)C)S2)S1. The molecule has 0 spiro atoms. The molecule has 0 aliphatic carbocycles. The van der Waals surface area contributed by atoms with Gasteiger partial charge in [0.1, 0.15) is 0 Å². The van der Waals surface area contributed by atoms with Crippen LogP contribution in [-0.4, -0.2) is 56.3 Å². The lowest BCUT2D eigenvalue weighted by Gasteiger charge is -2.17. The minimum absolute atomic E-state index is 0.297. The van der Waals surface area contributed by atoms with Crippen molar-refractivity contribution in [3.8, 4) is 0 Å². The summed E-state index contributed by atoms with van der Waals surface area (Å²) in [5, 5.41) is 1.08. The molecule has 146 valence electrons. The van der Waals surface area contributed by atoms with Gasteiger partial charge in [-0.05, 0) is 26.7 Å². The molecule has 0 bridgehead atoms. The van der Waals surface area contributed by atoms with E-state index in [0.29, 0.717) is 44.0 Å². The molecule has 2 aliphatic rings. The molecule has 4 nitrogen and oxygen atoms in total. The Kier molecular flexibility index (Phi) is 9.33. The quantitative estimate of drug-likeness (QED) is 0.392. The van der Waals surface area contributed by atoms with E-state index in [1.165, 1.54) is 0 Å². The van der Waals surface area contributed by atoms with Crippen molar-refractivity contribution >= 4 is 59.0 Å². The van der Waals surface area contributed by atoms with E-state index in [2.05, 4.69) is 13.2 Å². The van der Waals surface area contributed by atoms with E-state index in [1.54, 1.807) is 13.8 Å². The molecule has 2 saturated heterocycles. The molecular weight excluding hydrogens is 408 g/mol. The average molecular weight is 435 g/mol. The lowest BCUT2D eigenvalue weighted by atomic mass is 10.3. The van der Waals surface area contributed by atoms with Gasteiger partial charge in [-0.3, -0.25) is 0 Å². The first-order valence-electron chi connectivity index (χ1n) is 8.56. The van der Waals surface area contributed by atoms with Gasteiger partial charge in [0.25, 0.3) is 0 Å². The number of ether oxygens (including phenoxy) is 2. The number of hydrogen-bond acceptors (Lipinski definition) is 8. The molecule has 0 amide bonds. The molecule has 8 heteroatoms. The zero-order chi connectivity index (χ0) is 19.1. The van der Waals surface area contributed by atoms with E-state index in [0.717, 1.165) is 24.3 Å². The maximum Gasteiger partial charge on any atom is 0.333 e. The number of thioether (sulfide) groups is 4. The minimum Gasteiger partial charge on any atom is -0.462 e. The molecule has 4 atom stereocenters. The highest BCUT2D eigenvalue weighted by Gasteiger charge is 2.37. The molecule has 2 aliphatic heterocycles. The highest BCUT2D eigenvalue weighted by atomic mass is 32.2. The van der Waals surface area contributed by atoms with E-state index in [4.69, 9.17) is 9.47 Å². The molecule has 2 rings (SSSR count). The van der Waals surface area contributed by atoms with Crippen LogP contribution in [-0.2, 0) is 19.1 Å². The molecule has 0 radical (unpaired) electrons. The second-order valence-corrected chi connectivity index (χ2v) is 12.2. The first-order valence-corrected chi connectivity index (χ1v) is 12.5. The second-order valence-electron chi connectivity index (χ2n) is 6.33. The Balaban J connectivity index is 1.62. The van der Waals surface area contributed by atoms with Crippen molar-refractivity contribution in [3.63, 3.8) is 0 Å². The molecule has 2 heterocycles. The van der Waals surface area contributed by atoms with E-state index in [-0.39, 0.29) is 11.9 Å². The predicted octanol–water partition coefficient (Wildman–Crippen LogP) is 4.35. The summed E-state index contributed by atoms with van der Waals surface area (Å²) in [6, 6.07) is 0. The fourth-order valence-electron chi connectivity index (χ4n) is 2.34. The Morgan fingerprint density at radius 2 is 1.23 bits per heavy atom. The first-order chi connectivity index (χ1) is 12.4. The Morgan fingerprint density at radius 1 is 0.846 bits per heavy atom. The van der Waals surface area contributed by atoms with Gasteiger partial charge in [0, 0.05) is 33.2 Å². The highest BCUT2D eigenvalue weighted by molar-refractivity contribution is 8.26. The number of carbonyl (C=O) groups excluding carboxylic acids is 2. The van der Waals surface area contributed by atoms with Crippen LogP contribution in [0.3, 0.4) is 0 Å². The summed E-state index contributed by atoms with van der Waals surface area (Å²) in [6.07, 6.45) is 1.80. The average Bonchev–Trinajstić information content (AvgIpc) is 3.23. The summed E-state index contributed by atoms with van der Waals surface area (Å²) in [6.45, 7) is 11.5. The van der Waals surface area contributed by atoms with Crippen molar-refractivity contribution < 1.29 is 19.1 Å². The molecule has 0 aromatic heterocycles. The zero-order valence-electron chi connectivity index (χ0n) is 15.2. The fraction of sp³-hybridized carbons (Fsp3) is 0.667. The Labute approximate surface area is 173 Å². The van der Waals surface area contributed by atoms with Crippen LogP contribution >= 0.6 is 47.0 Å². The van der Waals surface area contributed by atoms with Crippen LogP contribution in [0.4, 0.5) is 0 Å². The van der Waals surface area contributed by atoms with Crippen LogP contribution in [0.1, 0.15) is 26.7 Å². The summed E-state index contributed by atoms with van der Waals surface area (Å²) in [5.41, 5.74) is 0.908. The van der Waals surface area contributed by atoms with E-state index in [9.17, 15) is 9.59 Å². The predicted molar refractivity (Wildman–Crippen MR) is 116 cm³/mol. The summed E-state index contributed by atoms with van der Waals surface area (Å²) in [5.74, 6) is 1.63. The third kappa shape index (κ3) is 7.09. The van der Waals surface area contributed by atoms with Crippen molar-refractivity contribution in [2.75, 3.05) is 24.7 Å². The van der Waals surface area contributed by atoms with Gasteiger partial charge in [0.05, 0.1) is 22.4 Å². The molecule has 4 unspecified atom stereocenters. The largest absolute Gasteiger partial charge is 0.462 e. The number of carbonyl (C=O) groups is 2. The molecular formula is C18H26O4S4. The van der Waals surface area contributed by atoms with Crippen LogP contribution in [0.25, 0.3) is 0 Å². The summed E-state index contributed by atoms with van der Waals surface area (Å²) in [7, 11) is 0. The van der Waals surface area contributed by atoms with Crippen LogP contribution in [0.2, 0.25) is 0 Å². The van der Waals surface area contributed by atoms with Gasteiger partial charge in [-0.2, -0.15) is 0 Å². The third-order valence-electron chi connectivity index (χ3n) is 3.81. The highest BCUT2D eigenvalue weighted by Crippen LogP contribution is 2.52. The van der Waals surface area contributed by atoms with Crippen molar-refractivity contribution in [1.82, 2.24) is 0 Å². The monoisotopic (exact) mass is 434 g/mol. The van der Waals surface area contributed by atoms with Gasteiger partial charge in [-0.15, -0.1) is 47.0 Å². The van der Waals surface area contributed by atoms with Crippen molar-refractivity contribution in [3.05, 3.63) is 24.3 Å². The second kappa shape index (κ2) is 11.0. The lowest BCUT2D eigenvalue weighted by molar-refractivity contribution is -0.139. The van der Waals surface area contributed by atoms with Crippen LogP contribution in [0.5, 0.6) is 0 Å². The van der Waals surface area contributed by atoms with Crippen LogP contribution in [0.15, 0.2) is 24.3 Å². The minimum atomic E-state index is -0.297. The van der Waals surface area contributed by atoms with Crippen molar-refractivity contribution in [2.45, 2.75) is 46.4 Å². The molecule has 0 aromatic rings. The van der Waals surface area contributed by atoms with E-state index >= 15 is 0 Å². The van der Waals surface area contributed by atoms with Crippen LogP contribution in [0, 0.1) is 0 Å². The number of rotatable bonds is 9. The Hall–Kier alpha value is -0.180. The van der Waals surface area contributed by atoms with Gasteiger partial charge >= 0.3 is 11.9 Å². The zero-order valence-corrected chi connectivity index (χ0v) is 18.5. The number of esters is 2. The van der Waals surface area contributed by atoms with Gasteiger partial charge in [0.15, 0.2) is 0 Å². The van der Waals surface area contributed by atoms with Crippen molar-refractivity contribution in [2.24, 2.45) is 0 Å². The first kappa shape index (κ1) is 22.1. The van der Waals surface area contributed by atoms with Crippen molar-refractivity contribution in [1.29, 1.82) is 0 Å². The lowest BCUT2D eigenvalue weighted by Crippen LogP contribution is -2.13. The molecule has 26 heavy (non-hydrogen) atoms. The molecule has 0 N–H and O–H groups in total. The molecule has 0 aromatic carbocycles. The molecule has 0 saturated carbocycles. The Morgan fingerprint density at radius 3 is 1.58 bits per heavy atom. The van der Waals surface area contributed by atoms with Gasteiger partial charge < -0.3 is 9.47 Å². The third-order valence-corrected chi connectivity index (χ3v) is 11.5. The Bertz CT molecular complexity index is 503. The van der Waals surface area contributed by atoms with Gasteiger partial charge in [-0.1, -0.05) is 13.2 Å². The summed E-state index contributed by atoms with van der Waals surface area (Å²) in [4.78, 5) is 22.8. The maximum atomic E-state index is 11.4. The maximum absolute atomic E-state index is 11.4. The van der Waals surface area contributed by atoms with E-state index in [1.807, 2.05) is 47.0 Å². The van der Waals surface area contributed by atoms with E-state index < -0.39 is 0 Å². The van der Waals surface area contributed by atoms with Gasteiger partial charge in [0.2, 0.25) is 0 Å². The van der Waals surface area contributed by atoms with Gasteiger partial charge in [-0.25, -0.2) is 9.59 Å². The fourth-order valence-corrected chi connectivity index (χ4v) is 10.1. The normalized spacial score (nSPS) is 27.9. The summed E-state index contributed by atoms with van der Waals surface area (Å²) < 4.78 is 11.6.